The number of rotatable bonds is 2. The van der Waals surface area contributed by atoms with Crippen LogP contribution in [0.2, 0.25) is 0 Å². The molecule has 0 bridgehead atoms. The van der Waals surface area contributed by atoms with Crippen LogP contribution in [0.15, 0.2) is 0 Å². The molecule has 0 aromatic heterocycles. The van der Waals surface area contributed by atoms with Crippen molar-refractivity contribution in [2.45, 2.75) is 32.4 Å². The number of carbonyl (C=O) groups is 1. The Hall–Kier alpha value is -0.650. The minimum Gasteiger partial charge on any atom is -0.393 e. The second-order valence-electron chi connectivity index (χ2n) is 5.18. The summed E-state index contributed by atoms with van der Waals surface area (Å²) in [5, 5.41) is 18.0. The van der Waals surface area contributed by atoms with E-state index >= 15 is 0 Å². The van der Waals surface area contributed by atoms with Gasteiger partial charge in [-0.1, -0.05) is 0 Å². The van der Waals surface area contributed by atoms with E-state index in [9.17, 15) is 9.90 Å². The molecule has 1 heterocycles. The lowest BCUT2D eigenvalue weighted by Gasteiger charge is -2.42. The van der Waals surface area contributed by atoms with E-state index in [2.05, 4.69) is 25.7 Å². The molecule has 0 aliphatic carbocycles. The van der Waals surface area contributed by atoms with Crippen molar-refractivity contribution in [1.29, 1.82) is 0 Å². The van der Waals surface area contributed by atoms with E-state index in [1.54, 1.807) is 4.90 Å². The Morgan fingerprint density at radius 3 is 2.12 bits per heavy atom. The number of amides is 1. The van der Waals surface area contributed by atoms with Gasteiger partial charge in [0.15, 0.2) is 6.10 Å². The van der Waals surface area contributed by atoms with Crippen LogP contribution in [0.3, 0.4) is 0 Å². The van der Waals surface area contributed by atoms with Crippen LogP contribution in [-0.2, 0) is 4.79 Å². The van der Waals surface area contributed by atoms with Crippen molar-refractivity contribution in [2.24, 2.45) is 0 Å². The molecule has 0 saturated carbocycles. The Balaban J connectivity index is 2.46. The highest BCUT2D eigenvalue weighted by Gasteiger charge is 2.29. The Morgan fingerprint density at radius 2 is 1.75 bits per heavy atom. The average molecular weight is 230 g/mol. The van der Waals surface area contributed by atoms with Crippen molar-refractivity contribution in [3.05, 3.63) is 0 Å². The summed E-state index contributed by atoms with van der Waals surface area (Å²) in [4.78, 5) is 15.5. The Morgan fingerprint density at radius 1 is 1.25 bits per heavy atom. The number of nitrogens with zero attached hydrogens (tertiary/aromatic N) is 2. The zero-order valence-electron chi connectivity index (χ0n) is 10.3. The molecular weight excluding hydrogens is 208 g/mol. The van der Waals surface area contributed by atoms with E-state index in [0.717, 1.165) is 13.1 Å². The monoisotopic (exact) mass is 230 g/mol. The third-order valence-electron chi connectivity index (χ3n) is 3.00. The smallest absolute Gasteiger partial charge is 0.253 e. The molecule has 0 spiro atoms. The van der Waals surface area contributed by atoms with Gasteiger partial charge in [-0.2, -0.15) is 0 Å². The summed E-state index contributed by atoms with van der Waals surface area (Å²) in [6, 6.07) is 0. The van der Waals surface area contributed by atoms with Crippen molar-refractivity contribution in [2.75, 3.05) is 32.8 Å². The molecule has 5 heteroatoms. The molecular formula is C11H22N2O3. The summed E-state index contributed by atoms with van der Waals surface area (Å²) < 4.78 is 0. The topological polar surface area (TPSA) is 64.0 Å². The summed E-state index contributed by atoms with van der Waals surface area (Å²) in [5.41, 5.74) is 0.116. The van der Waals surface area contributed by atoms with Crippen LogP contribution in [0.5, 0.6) is 0 Å². The van der Waals surface area contributed by atoms with E-state index in [1.165, 1.54) is 0 Å². The first-order chi connectivity index (χ1) is 7.36. The standard InChI is InChI=1S/C11H22N2O3/c1-11(2,3)13-6-4-12(5-7-13)10(16)9(15)8-14/h9,14-15H,4-8H2,1-3H3. The number of carbonyl (C=O) groups excluding carboxylic acids is 1. The fraction of sp³-hybridized carbons (Fsp3) is 0.909. The lowest BCUT2D eigenvalue weighted by atomic mass is 10.0. The van der Waals surface area contributed by atoms with Gasteiger partial charge in [0, 0.05) is 31.7 Å². The van der Waals surface area contributed by atoms with Gasteiger partial charge in [0.2, 0.25) is 0 Å². The van der Waals surface area contributed by atoms with Gasteiger partial charge in [0.25, 0.3) is 5.91 Å². The number of piperazine rings is 1. The third-order valence-corrected chi connectivity index (χ3v) is 3.00. The van der Waals surface area contributed by atoms with Crippen LogP contribution in [-0.4, -0.2) is 70.3 Å². The first-order valence-electron chi connectivity index (χ1n) is 5.69. The number of aliphatic hydroxyl groups excluding tert-OH is 2. The predicted molar refractivity (Wildman–Crippen MR) is 61.0 cm³/mol. The van der Waals surface area contributed by atoms with Gasteiger partial charge < -0.3 is 15.1 Å². The van der Waals surface area contributed by atoms with Crippen molar-refractivity contribution in [1.82, 2.24) is 9.80 Å². The van der Waals surface area contributed by atoms with Crippen LogP contribution >= 0.6 is 0 Å². The summed E-state index contributed by atoms with van der Waals surface area (Å²) in [6.07, 6.45) is -1.26. The van der Waals surface area contributed by atoms with Crippen LogP contribution in [0.1, 0.15) is 20.8 Å². The van der Waals surface area contributed by atoms with E-state index in [0.29, 0.717) is 13.1 Å². The minimum absolute atomic E-state index is 0.116. The molecule has 5 nitrogen and oxygen atoms in total. The maximum Gasteiger partial charge on any atom is 0.253 e. The molecule has 1 unspecified atom stereocenters. The molecule has 1 aliphatic heterocycles. The molecule has 16 heavy (non-hydrogen) atoms. The minimum atomic E-state index is -1.26. The van der Waals surface area contributed by atoms with Gasteiger partial charge in [-0.05, 0) is 20.8 Å². The van der Waals surface area contributed by atoms with Gasteiger partial charge in [-0.3, -0.25) is 9.69 Å². The van der Waals surface area contributed by atoms with Gasteiger partial charge in [-0.15, -0.1) is 0 Å². The number of hydrogen-bond donors (Lipinski definition) is 2. The highest BCUT2D eigenvalue weighted by molar-refractivity contribution is 5.80. The molecule has 94 valence electrons. The maximum atomic E-state index is 11.6. The summed E-state index contributed by atoms with van der Waals surface area (Å²) in [7, 11) is 0. The molecule has 1 saturated heterocycles. The number of aliphatic hydroxyl groups is 2. The average Bonchev–Trinajstić information content (AvgIpc) is 2.26. The summed E-state index contributed by atoms with van der Waals surface area (Å²) in [6.45, 7) is 8.80. The zero-order chi connectivity index (χ0) is 12.3. The van der Waals surface area contributed by atoms with Crippen molar-refractivity contribution in [3.8, 4) is 0 Å². The lowest BCUT2D eigenvalue weighted by molar-refractivity contribution is -0.144. The van der Waals surface area contributed by atoms with E-state index < -0.39 is 12.7 Å². The van der Waals surface area contributed by atoms with E-state index in [1.807, 2.05) is 0 Å². The third kappa shape index (κ3) is 3.17. The predicted octanol–water partition coefficient (Wildman–Crippen LogP) is -0.718. The highest BCUT2D eigenvalue weighted by Crippen LogP contribution is 2.16. The van der Waals surface area contributed by atoms with Crippen LogP contribution in [0.25, 0.3) is 0 Å². The molecule has 1 amide bonds. The van der Waals surface area contributed by atoms with Crippen molar-refractivity contribution >= 4 is 5.91 Å². The van der Waals surface area contributed by atoms with Crippen LogP contribution in [0.4, 0.5) is 0 Å². The lowest BCUT2D eigenvalue weighted by Crippen LogP contribution is -2.56. The van der Waals surface area contributed by atoms with E-state index in [-0.39, 0.29) is 11.4 Å². The molecule has 1 rings (SSSR count). The van der Waals surface area contributed by atoms with Gasteiger partial charge in [0.1, 0.15) is 0 Å². The first-order valence-corrected chi connectivity index (χ1v) is 5.69. The van der Waals surface area contributed by atoms with Crippen LogP contribution < -0.4 is 0 Å². The second-order valence-corrected chi connectivity index (χ2v) is 5.18. The second kappa shape index (κ2) is 5.12. The quantitative estimate of drug-likeness (QED) is 0.657. The highest BCUT2D eigenvalue weighted by atomic mass is 16.3. The van der Waals surface area contributed by atoms with Gasteiger partial charge >= 0.3 is 0 Å². The fourth-order valence-electron chi connectivity index (χ4n) is 1.89. The number of hydrogen-bond acceptors (Lipinski definition) is 4. The fourth-order valence-corrected chi connectivity index (χ4v) is 1.89. The molecule has 2 N–H and O–H groups in total. The molecule has 1 aliphatic rings. The van der Waals surface area contributed by atoms with Gasteiger partial charge in [-0.25, -0.2) is 0 Å². The zero-order valence-corrected chi connectivity index (χ0v) is 10.3. The molecule has 0 radical (unpaired) electrons. The Labute approximate surface area is 96.7 Å². The summed E-state index contributed by atoms with van der Waals surface area (Å²) >= 11 is 0. The maximum absolute atomic E-state index is 11.6. The molecule has 1 atom stereocenters. The summed E-state index contributed by atoms with van der Waals surface area (Å²) in [5.74, 6) is -0.365. The SMILES string of the molecule is CC(C)(C)N1CCN(C(=O)C(O)CO)CC1. The molecule has 0 aromatic rings. The van der Waals surface area contributed by atoms with Crippen molar-refractivity contribution in [3.63, 3.8) is 0 Å². The first kappa shape index (κ1) is 13.4. The van der Waals surface area contributed by atoms with Gasteiger partial charge in [0.05, 0.1) is 6.61 Å². The Bertz CT molecular complexity index is 242. The normalized spacial score (nSPS) is 20.9. The molecule has 1 fully saturated rings. The largest absolute Gasteiger partial charge is 0.393 e. The Kier molecular flexibility index (Phi) is 4.29. The molecule has 0 aromatic carbocycles. The van der Waals surface area contributed by atoms with Crippen molar-refractivity contribution < 1.29 is 15.0 Å². The van der Waals surface area contributed by atoms with E-state index in [4.69, 9.17) is 5.11 Å². The van der Waals surface area contributed by atoms with Crippen LogP contribution in [0, 0.1) is 0 Å².